The van der Waals surface area contributed by atoms with Gasteiger partial charge >= 0.3 is 0 Å². The average Bonchev–Trinajstić information content (AvgIpc) is 3.07. The Balaban J connectivity index is 2.00. The van der Waals surface area contributed by atoms with Crippen LogP contribution in [0.1, 0.15) is 13.8 Å². The van der Waals surface area contributed by atoms with Gasteiger partial charge in [-0.3, -0.25) is 14.2 Å². The zero-order valence-corrected chi connectivity index (χ0v) is 15.5. The summed E-state index contributed by atoms with van der Waals surface area (Å²) in [6, 6.07) is 5.16. The first-order valence-corrected chi connectivity index (χ1v) is 8.27. The Morgan fingerprint density at radius 2 is 1.96 bits per heavy atom. The first-order valence-electron chi connectivity index (χ1n) is 8.27. The molecule has 0 aliphatic heterocycles. The molecule has 0 saturated carbocycles. The predicted octanol–water partition coefficient (Wildman–Crippen LogP) is 0.519. The second kappa shape index (κ2) is 7.44. The van der Waals surface area contributed by atoms with Crippen LogP contribution >= 0.6 is 0 Å². The van der Waals surface area contributed by atoms with Crippen LogP contribution in [-0.4, -0.2) is 50.7 Å². The van der Waals surface area contributed by atoms with Gasteiger partial charge in [-0.25, -0.2) is 4.98 Å². The number of aromatic nitrogens is 5. The summed E-state index contributed by atoms with van der Waals surface area (Å²) in [6.07, 6.45) is 1.31. The van der Waals surface area contributed by atoms with E-state index in [4.69, 9.17) is 9.47 Å². The molecule has 0 aliphatic carbocycles. The molecule has 0 radical (unpaired) electrons. The van der Waals surface area contributed by atoms with Gasteiger partial charge in [-0.15, -0.1) is 5.10 Å². The van der Waals surface area contributed by atoms with Crippen molar-refractivity contribution in [3.05, 3.63) is 34.9 Å². The van der Waals surface area contributed by atoms with Gasteiger partial charge in [0.15, 0.2) is 22.7 Å². The number of nitrogens with zero attached hydrogens (tertiary/aromatic N) is 5. The fourth-order valence-electron chi connectivity index (χ4n) is 2.61. The first kappa shape index (κ1) is 18.4. The number of fused-ring (bicyclic) bond motifs is 1. The molecule has 2 aromatic heterocycles. The molecule has 3 rings (SSSR count). The van der Waals surface area contributed by atoms with Gasteiger partial charge < -0.3 is 14.8 Å². The van der Waals surface area contributed by atoms with Gasteiger partial charge in [0.2, 0.25) is 5.91 Å². The molecule has 2 heterocycles. The lowest BCUT2D eigenvalue weighted by molar-refractivity contribution is -0.122. The van der Waals surface area contributed by atoms with Crippen molar-refractivity contribution in [3.8, 4) is 17.2 Å². The minimum absolute atomic E-state index is 0.0178. The van der Waals surface area contributed by atoms with Crippen molar-refractivity contribution in [2.24, 2.45) is 0 Å². The summed E-state index contributed by atoms with van der Waals surface area (Å²) in [5, 5.41) is 10.7. The second-order valence-electron chi connectivity index (χ2n) is 6.11. The molecular weight excluding hydrogens is 352 g/mol. The molecule has 0 bridgehead atoms. The van der Waals surface area contributed by atoms with E-state index >= 15 is 0 Å². The van der Waals surface area contributed by atoms with Gasteiger partial charge in [-0.2, -0.15) is 4.68 Å². The number of hydrogen-bond acceptors (Lipinski definition) is 7. The van der Waals surface area contributed by atoms with Crippen LogP contribution in [-0.2, 0) is 11.3 Å². The van der Waals surface area contributed by atoms with Crippen LogP contribution in [0.15, 0.2) is 29.3 Å². The van der Waals surface area contributed by atoms with E-state index in [0.29, 0.717) is 17.2 Å². The number of amides is 1. The number of hydrogen-bond donors (Lipinski definition) is 1. The Morgan fingerprint density at radius 1 is 1.22 bits per heavy atom. The van der Waals surface area contributed by atoms with Crippen LogP contribution in [0.5, 0.6) is 11.5 Å². The fourth-order valence-corrected chi connectivity index (χ4v) is 2.61. The molecule has 0 atom stereocenters. The third-order valence-corrected chi connectivity index (χ3v) is 3.80. The smallest absolute Gasteiger partial charge is 0.284 e. The molecule has 1 aromatic carbocycles. The normalized spacial score (nSPS) is 11.0. The molecule has 0 fully saturated rings. The molecule has 1 N–H and O–H groups in total. The van der Waals surface area contributed by atoms with Crippen LogP contribution in [0.25, 0.3) is 16.9 Å². The van der Waals surface area contributed by atoms with E-state index in [1.54, 1.807) is 25.3 Å². The topological polar surface area (TPSA) is 113 Å². The fraction of sp³-hybridized carbons (Fsp3) is 0.353. The van der Waals surface area contributed by atoms with Gasteiger partial charge in [0, 0.05) is 12.1 Å². The third-order valence-electron chi connectivity index (χ3n) is 3.80. The summed E-state index contributed by atoms with van der Waals surface area (Å²) >= 11 is 0. The molecular formula is C17H20N6O4. The molecule has 0 aliphatic rings. The van der Waals surface area contributed by atoms with E-state index in [9.17, 15) is 9.59 Å². The van der Waals surface area contributed by atoms with E-state index in [1.165, 1.54) is 22.7 Å². The highest BCUT2D eigenvalue weighted by Crippen LogP contribution is 2.29. The number of nitrogens with one attached hydrogen (secondary N) is 1. The summed E-state index contributed by atoms with van der Waals surface area (Å²) in [5.41, 5.74) is 0.528. The lowest BCUT2D eigenvalue weighted by Gasteiger charge is -2.10. The number of carbonyl (C=O) groups excluding carboxylic acids is 1. The van der Waals surface area contributed by atoms with E-state index in [2.05, 4.69) is 20.6 Å². The first-order chi connectivity index (χ1) is 12.9. The highest BCUT2D eigenvalue weighted by molar-refractivity contribution is 5.76. The Kier molecular flexibility index (Phi) is 5.06. The third kappa shape index (κ3) is 3.59. The van der Waals surface area contributed by atoms with E-state index in [0.717, 1.165) is 0 Å². The minimum Gasteiger partial charge on any atom is -0.493 e. The summed E-state index contributed by atoms with van der Waals surface area (Å²) in [7, 11) is 3.07. The Labute approximate surface area is 154 Å². The maximum atomic E-state index is 12.6. The van der Waals surface area contributed by atoms with Crippen LogP contribution in [0.2, 0.25) is 0 Å². The monoisotopic (exact) mass is 372 g/mol. The number of methoxy groups -OCH3 is 2. The lowest BCUT2D eigenvalue weighted by Crippen LogP contribution is -2.36. The molecule has 3 aromatic rings. The van der Waals surface area contributed by atoms with Gasteiger partial charge in [0.05, 0.1) is 19.9 Å². The molecule has 142 valence electrons. The Morgan fingerprint density at radius 3 is 2.63 bits per heavy atom. The zero-order valence-electron chi connectivity index (χ0n) is 15.5. The van der Waals surface area contributed by atoms with Crippen molar-refractivity contribution in [1.82, 2.24) is 29.9 Å². The quantitative estimate of drug-likeness (QED) is 0.671. The van der Waals surface area contributed by atoms with Gasteiger partial charge in [0.1, 0.15) is 12.9 Å². The molecule has 0 unspecified atom stereocenters. The van der Waals surface area contributed by atoms with Gasteiger partial charge in [-0.1, -0.05) is 5.21 Å². The summed E-state index contributed by atoms with van der Waals surface area (Å²) < 4.78 is 13.1. The maximum absolute atomic E-state index is 12.6. The summed E-state index contributed by atoms with van der Waals surface area (Å²) in [4.78, 5) is 28.8. The SMILES string of the molecule is COc1ccc(-n2nnc3c(=O)n(CC(=O)NC(C)C)cnc32)cc1OC. The van der Waals surface area contributed by atoms with Gasteiger partial charge in [0.25, 0.3) is 5.56 Å². The molecule has 1 amide bonds. The van der Waals surface area contributed by atoms with E-state index in [1.807, 2.05) is 13.8 Å². The van der Waals surface area contributed by atoms with Crippen molar-refractivity contribution in [2.75, 3.05) is 14.2 Å². The number of benzene rings is 1. The number of rotatable bonds is 6. The van der Waals surface area contributed by atoms with Crippen LogP contribution < -0.4 is 20.3 Å². The summed E-state index contributed by atoms with van der Waals surface area (Å²) in [6.45, 7) is 3.55. The maximum Gasteiger partial charge on any atom is 0.284 e. The predicted molar refractivity (Wildman–Crippen MR) is 97.3 cm³/mol. The molecule has 27 heavy (non-hydrogen) atoms. The Hall–Kier alpha value is -3.43. The van der Waals surface area contributed by atoms with Crippen molar-refractivity contribution in [1.29, 1.82) is 0 Å². The van der Waals surface area contributed by atoms with E-state index in [-0.39, 0.29) is 29.7 Å². The highest BCUT2D eigenvalue weighted by Gasteiger charge is 2.16. The minimum atomic E-state index is -0.439. The van der Waals surface area contributed by atoms with Crippen molar-refractivity contribution >= 4 is 17.1 Å². The highest BCUT2D eigenvalue weighted by atomic mass is 16.5. The summed E-state index contributed by atoms with van der Waals surface area (Å²) in [5.74, 6) is 0.801. The van der Waals surface area contributed by atoms with Crippen molar-refractivity contribution in [3.63, 3.8) is 0 Å². The average molecular weight is 372 g/mol. The molecule has 10 nitrogen and oxygen atoms in total. The Bertz CT molecular complexity index is 1040. The number of carbonyl (C=O) groups is 1. The standard InChI is InChI=1S/C17H20N6O4/c1-10(2)19-14(24)8-22-9-18-16-15(17(22)25)20-21-23(16)11-5-6-12(26-3)13(7-11)27-4/h5-7,9-10H,8H2,1-4H3,(H,19,24). The number of ether oxygens (including phenoxy) is 2. The molecule has 0 spiro atoms. The van der Waals surface area contributed by atoms with Crippen LogP contribution in [0, 0.1) is 0 Å². The van der Waals surface area contributed by atoms with Gasteiger partial charge in [-0.05, 0) is 26.0 Å². The van der Waals surface area contributed by atoms with Crippen LogP contribution in [0.3, 0.4) is 0 Å². The van der Waals surface area contributed by atoms with Crippen molar-refractivity contribution in [2.45, 2.75) is 26.4 Å². The largest absolute Gasteiger partial charge is 0.493 e. The van der Waals surface area contributed by atoms with Crippen molar-refractivity contribution < 1.29 is 14.3 Å². The molecule has 0 saturated heterocycles. The second-order valence-corrected chi connectivity index (χ2v) is 6.11. The lowest BCUT2D eigenvalue weighted by atomic mass is 10.2. The van der Waals surface area contributed by atoms with Crippen LogP contribution in [0.4, 0.5) is 0 Å². The van der Waals surface area contributed by atoms with E-state index < -0.39 is 5.56 Å². The molecule has 10 heteroatoms. The zero-order chi connectivity index (χ0) is 19.6.